The summed E-state index contributed by atoms with van der Waals surface area (Å²) in [5, 5.41) is 10.1. The fourth-order valence-corrected chi connectivity index (χ4v) is 1.79. The fourth-order valence-electron chi connectivity index (χ4n) is 0.519. The molecule has 1 aromatic rings. The Morgan fingerprint density at radius 1 is 1.58 bits per heavy atom. The van der Waals surface area contributed by atoms with Crippen molar-refractivity contribution in [3.63, 3.8) is 0 Å². The van der Waals surface area contributed by atoms with Gasteiger partial charge in [-0.1, -0.05) is 23.2 Å². The summed E-state index contributed by atoms with van der Waals surface area (Å²) >= 11 is 12.2. The second-order valence-corrected chi connectivity index (χ2v) is 3.69. The van der Waals surface area contributed by atoms with E-state index in [1.165, 1.54) is 6.08 Å². The minimum atomic E-state index is -0.579. The van der Waals surface area contributed by atoms with Crippen LogP contribution in [0.25, 0.3) is 6.08 Å². The lowest BCUT2D eigenvalue weighted by atomic mass is 10.5. The third-order valence-corrected chi connectivity index (χ3v) is 2.46. The Hall–Kier alpha value is -0.650. The van der Waals surface area contributed by atoms with E-state index >= 15 is 0 Å². The quantitative estimate of drug-likeness (QED) is 0.574. The molecule has 1 rings (SSSR count). The van der Waals surface area contributed by atoms with Crippen LogP contribution >= 0.6 is 34.5 Å². The van der Waals surface area contributed by atoms with Crippen LogP contribution in [0.4, 0.5) is 0 Å². The smallest absolute Gasteiger partial charge is 0.235 e. The molecule has 0 unspecified atom stereocenters. The first-order valence-electron chi connectivity index (χ1n) is 2.73. The Kier molecular flexibility index (Phi) is 3.02. The summed E-state index contributed by atoms with van der Waals surface area (Å²) in [6, 6.07) is 0. The van der Waals surface area contributed by atoms with Gasteiger partial charge < -0.3 is 0 Å². The van der Waals surface area contributed by atoms with Gasteiger partial charge in [-0.3, -0.25) is 10.1 Å². The maximum atomic E-state index is 9.92. The van der Waals surface area contributed by atoms with Crippen LogP contribution in [0, 0.1) is 10.1 Å². The van der Waals surface area contributed by atoms with E-state index in [2.05, 4.69) is 4.98 Å². The van der Waals surface area contributed by atoms with E-state index in [1.54, 1.807) is 0 Å². The van der Waals surface area contributed by atoms with Crippen LogP contribution in [0.5, 0.6) is 0 Å². The molecule has 0 spiro atoms. The van der Waals surface area contributed by atoms with Crippen LogP contribution < -0.4 is 0 Å². The second-order valence-electron chi connectivity index (χ2n) is 1.72. The van der Waals surface area contributed by atoms with Crippen LogP contribution in [0.15, 0.2) is 6.20 Å². The number of aromatic nitrogens is 1. The van der Waals surface area contributed by atoms with Gasteiger partial charge in [0.05, 0.1) is 9.80 Å². The highest BCUT2D eigenvalue weighted by molar-refractivity contribution is 7.17. The summed E-state index contributed by atoms with van der Waals surface area (Å²) in [6.07, 6.45) is 2.04. The van der Waals surface area contributed by atoms with Crippen molar-refractivity contribution in [3.8, 4) is 0 Å². The minimum Gasteiger partial charge on any atom is -0.259 e. The van der Waals surface area contributed by atoms with Gasteiger partial charge in [-0.2, -0.15) is 0 Å². The van der Waals surface area contributed by atoms with Gasteiger partial charge in [0.25, 0.3) is 0 Å². The lowest BCUT2D eigenvalue weighted by Crippen LogP contribution is -1.81. The summed E-state index contributed by atoms with van der Waals surface area (Å²) in [5.41, 5.74) is 0. The van der Waals surface area contributed by atoms with Crippen molar-refractivity contribution in [2.45, 2.75) is 0 Å². The molecule has 0 aliphatic heterocycles. The molecule has 4 nitrogen and oxygen atoms in total. The first-order valence-corrected chi connectivity index (χ1v) is 4.30. The van der Waals surface area contributed by atoms with Crippen LogP contribution in [0.3, 0.4) is 0 Å². The Morgan fingerprint density at radius 3 is 2.67 bits per heavy atom. The Labute approximate surface area is 81.6 Å². The van der Waals surface area contributed by atoms with Crippen LogP contribution in [-0.4, -0.2) is 9.91 Å². The second kappa shape index (κ2) is 3.84. The van der Waals surface area contributed by atoms with E-state index in [4.69, 9.17) is 23.2 Å². The van der Waals surface area contributed by atoms with E-state index in [9.17, 15) is 10.1 Å². The molecule has 0 bridgehead atoms. The Morgan fingerprint density at radius 2 is 2.25 bits per heavy atom. The number of nitrogens with zero attached hydrogens (tertiary/aromatic N) is 2. The molecule has 0 radical (unpaired) electrons. The van der Waals surface area contributed by atoms with Crippen molar-refractivity contribution in [2.24, 2.45) is 0 Å². The molecule has 0 aliphatic rings. The third-order valence-electron chi connectivity index (χ3n) is 0.931. The van der Waals surface area contributed by atoms with Gasteiger partial charge in [0.1, 0.15) is 5.15 Å². The average molecular weight is 225 g/mol. The van der Waals surface area contributed by atoms with Gasteiger partial charge in [-0.15, -0.1) is 11.3 Å². The normalized spacial score (nSPS) is 10.8. The third kappa shape index (κ3) is 2.44. The molecule has 0 N–H and O–H groups in total. The van der Waals surface area contributed by atoms with Gasteiger partial charge in [0.15, 0.2) is 4.47 Å². The zero-order chi connectivity index (χ0) is 9.14. The zero-order valence-electron chi connectivity index (χ0n) is 5.53. The SMILES string of the molecule is O=[N+]([O-])/C=C/c1sc(Cl)nc1Cl. The molecule has 0 aromatic carbocycles. The van der Waals surface area contributed by atoms with E-state index in [0.29, 0.717) is 4.88 Å². The molecule has 0 atom stereocenters. The van der Waals surface area contributed by atoms with Crippen LogP contribution in [0.1, 0.15) is 4.88 Å². The summed E-state index contributed by atoms with van der Waals surface area (Å²) in [5.74, 6) is 0. The predicted octanol–water partition coefficient (Wildman–Crippen LogP) is 2.70. The van der Waals surface area contributed by atoms with Crippen molar-refractivity contribution in [3.05, 3.63) is 30.8 Å². The monoisotopic (exact) mass is 224 g/mol. The van der Waals surface area contributed by atoms with Crippen LogP contribution in [-0.2, 0) is 0 Å². The fraction of sp³-hybridized carbons (Fsp3) is 0. The van der Waals surface area contributed by atoms with Gasteiger partial charge in [-0.25, -0.2) is 4.98 Å². The van der Waals surface area contributed by atoms with Gasteiger partial charge >= 0.3 is 0 Å². The number of rotatable bonds is 2. The average Bonchev–Trinajstić information content (AvgIpc) is 2.26. The number of hydrogen-bond donors (Lipinski definition) is 0. The molecule has 12 heavy (non-hydrogen) atoms. The molecule has 1 aromatic heterocycles. The lowest BCUT2D eigenvalue weighted by molar-refractivity contribution is -0.400. The first kappa shape index (κ1) is 9.44. The molecule has 1 heterocycles. The molecule has 64 valence electrons. The van der Waals surface area contributed by atoms with E-state index < -0.39 is 4.92 Å². The summed E-state index contributed by atoms with van der Waals surface area (Å²) in [6.45, 7) is 0. The Balaban J connectivity index is 2.89. The topological polar surface area (TPSA) is 56.0 Å². The number of halogens is 2. The maximum absolute atomic E-state index is 9.92. The highest BCUT2D eigenvalue weighted by atomic mass is 35.5. The molecule has 0 aliphatic carbocycles. The highest BCUT2D eigenvalue weighted by Crippen LogP contribution is 2.27. The van der Waals surface area contributed by atoms with Gasteiger partial charge in [-0.05, 0) is 0 Å². The molecular formula is C5H2Cl2N2O2S. The lowest BCUT2D eigenvalue weighted by Gasteiger charge is -1.80. The summed E-state index contributed by atoms with van der Waals surface area (Å²) in [4.78, 5) is 13.5. The summed E-state index contributed by atoms with van der Waals surface area (Å²) < 4.78 is 0.267. The highest BCUT2D eigenvalue weighted by Gasteiger charge is 2.04. The van der Waals surface area contributed by atoms with Crippen LogP contribution in [0.2, 0.25) is 9.62 Å². The number of hydrogen-bond acceptors (Lipinski definition) is 4. The minimum absolute atomic E-state index is 0.183. The molecule has 0 saturated carbocycles. The molecule has 0 fully saturated rings. The van der Waals surface area contributed by atoms with Gasteiger partial charge in [0.2, 0.25) is 6.20 Å². The van der Waals surface area contributed by atoms with Crippen molar-refractivity contribution < 1.29 is 4.92 Å². The van der Waals surface area contributed by atoms with Crippen molar-refractivity contribution >= 4 is 40.6 Å². The number of nitro groups is 1. The largest absolute Gasteiger partial charge is 0.259 e. The molecule has 7 heteroatoms. The van der Waals surface area contributed by atoms with E-state index in [1.807, 2.05) is 0 Å². The molecule has 0 saturated heterocycles. The first-order chi connectivity index (χ1) is 5.59. The van der Waals surface area contributed by atoms with E-state index in [-0.39, 0.29) is 9.62 Å². The maximum Gasteiger partial charge on any atom is 0.235 e. The van der Waals surface area contributed by atoms with Crippen molar-refractivity contribution in [2.75, 3.05) is 0 Å². The van der Waals surface area contributed by atoms with Gasteiger partial charge in [0, 0.05) is 6.08 Å². The summed E-state index contributed by atoms with van der Waals surface area (Å²) in [7, 11) is 0. The molecular weight excluding hydrogens is 223 g/mol. The van der Waals surface area contributed by atoms with E-state index in [0.717, 1.165) is 17.5 Å². The molecule has 0 amide bonds. The van der Waals surface area contributed by atoms with Crippen molar-refractivity contribution in [1.29, 1.82) is 0 Å². The zero-order valence-corrected chi connectivity index (χ0v) is 7.86. The van der Waals surface area contributed by atoms with Crippen molar-refractivity contribution in [1.82, 2.24) is 4.98 Å². The standard InChI is InChI=1S/C5H2Cl2N2O2S/c6-4-3(1-2-9(10)11)12-5(7)8-4/h1-2H/b2-1+. The number of thiazole rings is 1. The predicted molar refractivity (Wildman–Crippen MR) is 48.2 cm³/mol. The Bertz CT molecular complexity index is 336.